The third-order valence-corrected chi connectivity index (χ3v) is 9.38. The molecule has 3 nitrogen and oxygen atoms in total. The molecule has 3 aliphatic carbocycles. The van der Waals surface area contributed by atoms with Crippen LogP contribution in [0.3, 0.4) is 0 Å². The van der Waals surface area contributed by atoms with E-state index in [1.807, 2.05) is 6.07 Å². The Morgan fingerprint density at radius 3 is 2.68 bits per heavy atom. The first-order valence-corrected chi connectivity index (χ1v) is 12.7. The zero-order chi connectivity index (χ0) is 24.7. The second-order valence-corrected chi connectivity index (χ2v) is 11.1. The number of phenols is 1. The van der Waals surface area contributed by atoms with Crippen LogP contribution in [0.5, 0.6) is 5.75 Å². The molecular formula is C28H37F3O3. The molecule has 0 aliphatic heterocycles. The molecule has 0 amide bonds. The molecule has 0 radical (unpaired) electrons. The largest absolute Gasteiger partial charge is 0.508 e. The third-order valence-electron chi connectivity index (χ3n) is 9.38. The van der Waals surface area contributed by atoms with Crippen LogP contribution in [0.15, 0.2) is 42.8 Å². The standard InChI is InChI=1S/C28H37F3O3/c1-3-28-14-13-17-15-19(32)9-10-20(17)24(28)18(16-27(2)22(28)11-12-23(27)34)7-5-4-6-8-21(33)25(29)26(30)31/h3,9-10,15,18,21-24,32-34H,1,4-8,11-14,16H2,2H3/t18-,21?,22+,23-,24+,27-,28-/m0/s1. The van der Waals surface area contributed by atoms with Crippen LogP contribution in [0.4, 0.5) is 13.2 Å². The predicted octanol–water partition coefficient (Wildman–Crippen LogP) is 6.78. The molecule has 0 heterocycles. The van der Waals surface area contributed by atoms with E-state index >= 15 is 0 Å². The summed E-state index contributed by atoms with van der Waals surface area (Å²) in [6, 6.07) is 5.70. The van der Waals surface area contributed by atoms with Crippen molar-refractivity contribution >= 4 is 0 Å². The predicted molar refractivity (Wildman–Crippen MR) is 126 cm³/mol. The summed E-state index contributed by atoms with van der Waals surface area (Å²) >= 11 is 0. The molecule has 188 valence electrons. The molecule has 6 heteroatoms. The lowest BCUT2D eigenvalue weighted by molar-refractivity contribution is -0.0812. The number of hydrogen-bond donors (Lipinski definition) is 3. The van der Waals surface area contributed by atoms with Gasteiger partial charge in [-0.15, -0.1) is 6.58 Å². The maximum atomic E-state index is 13.2. The Kier molecular flexibility index (Phi) is 7.21. The molecule has 2 fully saturated rings. The summed E-state index contributed by atoms with van der Waals surface area (Å²) in [6.07, 6.45) is 5.08. The Morgan fingerprint density at radius 1 is 1.21 bits per heavy atom. The Bertz CT molecular complexity index is 943. The molecule has 4 rings (SSSR count). The summed E-state index contributed by atoms with van der Waals surface area (Å²) in [7, 11) is 0. The van der Waals surface area contributed by atoms with E-state index in [0.29, 0.717) is 24.7 Å². The summed E-state index contributed by atoms with van der Waals surface area (Å²) in [5.41, 5.74) is 2.18. The van der Waals surface area contributed by atoms with Crippen molar-refractivity contribution in [3.8, 4) is 5.75 Å². The van der Waals surface area contributed by atoms with Crippen LogP contribution >= 0.6 is 0 Å². The van der Waals surface area contributed by atoms with Crippen molar-refractivity contribution in [2.24, 2.45) is 22.7 Å². The molecular weight excluding hydrogens is 441 g/mol. The van der Waals surface area contributed by atoms with E-state index in [9.17, 15) is 28.5 Å². The monoisotopic (exact) mass is 478 g/mol. The van der Waals surface area contributed by atoms with Crippen LogP contribution < -0.4 is 0 Å². The first-order valence-electron chi connectivity index (χ1n) is 12.7. The lowest BCUT2D eigenvalue weighted by Crippen LogP contribution is -2.54. The molecule has 2 saturated carbocycles. The van der Waals surface area contributed by atoms with Crippen molar-refractivity contribution < 1.29 is 28.5 Å². The molecule has 0 bridgehead atoms. The smallest absolute Gasteiger partial charge is 0.304 e. The van der Waals surface area contributed by atoms with Gasteiger partial charge in [-0.25, -0.2) is 4.39 Å². The number of fused-ring (bicyclic) bond motifs is 5. The van der Waals surface area contributed by atoms with Crippen LogP contribution in [0.25, 0.3) is 0 Å². The van der Waals surface area contributed by atoms with Crippen molar-refractivity contribution in [3.05, 3.63) is 53.9 Å². The fraction of sp³-hybridized carbons (Fsp3) is 0.643. The number of allylic oxidation sites excluding steroid dienone is 1. The van der Waals surface area contributed by atoms with Crippen molar-refractivity contribution in [2.45, 2.75) is 89.3 Å². The van der Waals surface area contributed by atoms with Gasteiger partial charge in [0, 0.05) is 0 Å². The second kappa shape index (κ2) is 9.69. The minimum Gasteiger partial charge on any atom is -0.508 e. The number of aliphatic hydroxyl groups is 2. The minimum atomic E-state index is -2.45. The Morgan fingerprint density at radius 2 is 1.97 bits per heavy atom. The summed E-state index contributed by atoms with van der Waals surface area (Å²) in [4.78, 5) is 0. The molecule has 0 aromatic heterocycles. The fourth-order valence-electron chi connectivity index (χ4n) is 7.87. The lowest BCUT2D eigenvalue weighted by Gasteiger charge is -2.60. The Balaban J connectivity index is 1.55. The van der Waals surface area contributed by atoms with Crippen LogP contribution in [0.2, 0.25) is 0 Å². The molecule has 3 N–H and O–H groups in total. The van der Waals surface area contributed by atoms with Gasteiger partial charge in [-0.05, 0) is 96.8 Å². The molecule has 3 aliphatic rings. The molecule has 0 saturated heterocycles. The van der Waals surface area contributed by atoms with Gasteiger partial charge in [0.1, 0.15) is 11.9 Å². The van der Waals surface area contributed by atoms with Gasteiger partial charge in [-0.1, -0.05) is 38.3 Å². The summed E-state index contributed by atoms with van der Waals surface area (Å²) < 4.78 is 37.9. The van der Waals surface area contributed by atoms with Gasteiger partial charge in [-0.2, -0.15) is 8.78 Å². The molecule has 1 aromatic rings. The fourth-order valence-corrected chi connectivity index (χ4v) is 7.87. The molecule has 1 aromatic carbocycles. The number of unbranched alkanes of at least 4 members (excludes halogenated alkanes) is 2. The number of rotatable bonds is 8. The summed E-state index contributed by atoms with van der Waals surface area (Å²) in [5.74, 6) is -0.525. The van der Waals surface area contributed by atoms with E-state index in [4.69, 9.17) is 0 Å². The van der Waals surface area contributed by atoms with Gasteiger partial charge < -0.3 is 15.3 Å². The van der Waals surface area contributed by atoms with Crippen molar-refractivity contribution in [1.29, 1.82) is 0 Å². The molecule has 0 spiro atoms. The Hall–Kier alpha value is -1.79. The normalized spacial score (nSPS) is 35.1. The summed E-state index contributed by atoms with van der Waals surface area (Å²) in [6.45, 7) is 6.53. The molecule has 7 atom stereocenters. The van der Waals surface area contributed by atoms with Gasteiger partial charge in [0.2, 0.25) is 0 Å². The van der Waals surface area contributed by atoms with Crippen molar-refractivity contribution in [1.82, 2.24) is 0 Å². The van der Waals surface area contributed by atoms with E-state index in [1.54, 1.807) is 6.07 Å². The molecule has 1 unspecified atom stereocenters. The Labute approximate surface area is 200 Å². The topological polar surface area (TPSA) is 60.7 Å². The lowest BCUT2D eigenvalue weighted by atomic mass is 9.44. The number of hydrogen-bond acceptors (Lipinski definition) is 3. The first kappa shape index (κ1) is 25.3. The van der Waals surface area contributed by atoms with E-state index in [-0.39, 0.29) is 35.0 Å². The highest BCUT2D eigenvalue weighted by atomic mass is 19.3. The van der Waals surface area contributed by atoms with Crippen molar-refractivity contribution in [2.75, 3.05) is 0 Å². The maximum Gasteiger partial charge on any atom is 0.304 e. The van der Waals surface area contributed by atoms with Gasteiger partial charge >= 0.3 is 6.08 Å². The van der Waals surface area contributed by atoms with E-state index in [1.165, 1.54) is 11.1 Å². The van der Waals surface area contributed by atoms with Crippen molar-refractivity contribution in [3.63, 3.8) is 0 Å². The summed E-state index contributed by atoms with van der Waals surface area (Å²) in [5, 5.41) is 30.7. The number of phenolic OH excluding ortho intramolecular Hbond substituents is 1. The van der Waals surface area contributed by atoms with Gasteiger partial charge in [0.25, 0.3) is 0 Å². The van der Waals surface area contributed by atoms with Gasteiger partial charge in [0.05, 0.1) is 6.10 Å². The second-order valence-electron chi connectivity index (χ2n) is 11.1. The average molecular weight is 479 g/mol. The third kappa shape index (κ3) is 4.21. The first-order chi connectivity index (χ1) is 16.1. The van der Waals surface area contributed by atoms with Crippen LogP contribution in [0.1, 0.15) is 81.8 Å². The van der Waals surface area contributed by atoms with Crippen LogP contribution in [0, 0.1) is 22.7 Å². The highest BCUT2D eigenvalue weighted by molar-refractivity contribution is 5.43. The van der Waals surface area contributed by atoms with Crippen LogP contribution in [-0.2, 0) is 6.42 Å². The van der Waals surface area contributed by atoms with E-state index in [0.717, 1.165) is 44.9 Å². The number of halogens is 3. The highest BCUT2D eigenvalue weighted by Gasteiger charge is 2.63. The quantitative estimate of drug-likeness (QED) is 0.285. The highest BCUT2D eigenvalue weighted by Crippen LogP contribution is 2.69. The van der Waals surface area contributed by atoms with Crippen LogP contribution in [-0.4, -0.2) is 27.5 Å². The zero-order valence-electron chi connectivity index (χ0n) is 19.9. The number of aliphatic hydroxyl groups excluding tert-OH is 2. The van der Waals surface area contributed by atoms with Gasteiger partial charge in [-0.3, -0.25) is 0 Å². The zero-order valence-corrected chi connectivity index (χ0v) is 19.9. The number of aromatic hydroxyl groups is 1. The van der Waals surface area contributed by atoms with E-state index < -0.39 is 18.0 Å². The van der Waals surface area contributed by atoms with Gasteiger partial charge in [0.15, 0.2) is 5.83 Å². The number of aryl methyl sites for hydroxylation is 1. The minimum absolute atomic E-state index is 0.0194. The van der Waals surface area contributed by atoms with E-state index in [2.05, 4.69) is 25.6 Å². The molecule has 34 heavy (non-hydrogen) atoms. The number of benzene rings is 1. The SMILES string of the molecule is C=C[C@@]12CCc3cc(O)ccc3[C@H]1[C@@H](CCCCCC(O)C(F)=C(F)F)C[C@@]1(C)[C@H]2CC[C@@H]1O. The maximum absolute atomic E-state index is 13.2. The average Bonchev–Trinajstić information content (AvgIpc) is 3.11.